The monoisotopic (exact) mass is 216 g/mol. The minimum absolute atomic E-state index is 0.653. The summed E-state index contributed by atoms with van der Waals surface area (Å²) in [4.78, 5) is 0. The molecule has 1 atom stereocenters. The van der Waals surface area contributed by atoms with Gasteiger partial charge in [-0.1, -0.05) is 30.3 Å². The van der Waals surface area contributed by atoms with Crippen molar-refractivity contribution in [1.82, 2.24) is 0 Å². The molecular formula is C15H20O. The van der Waals surface area contributed by atoms with Gasteiger partial charge >= 0.3 is 0 Å². The Morgan fingerprint density at radius 1 is 1.25 bits per heavy atom. The third kappa shape index (κ3) is 2.88. The highest BCUT2D eigenvalue weighted by atomic mass is 16.5. The van der Waals surface area contributed by atoms with Crippen LogP contribution in [0.25, 0.3) is 0 Å². The van der Waals surface area contributed by atoms with Crippen molar-refractivity contribution in [2.45, 2.75) is 32.6 Å². The molecule has 1 nitrogen and oxygen atoms in total. The summed E-state index contributed by atoms with van der Waals surface area (Å²) in [5.41, 5.74) is 1.44. The van der Waals surface area contributed by atoms with Crippen molar-refractivity contribution in [2.75, 3.05) is 6.61 Å². The predicted octanol–water partition coefficient (Wildman–Crippen LogP) is 3.95. The van der Waals surface area contributed by atoms with Crippen LogP contribution in [0, 0.1) is 5.92 Å². The lowest BCUT2D eigenvalue weighted by atomic mass is 9.98. The molecule has 0 aromatic heterocycles. The zero-order chi connectivity index (χ0) is 11.2. The van der Waals surface area contributed by atoms with E-state index in [0.717, 1.165) is 13.0 Å². The number of aryl methyl sites for hydroxylation is 1. The molecule has 0 aliphatic heterocycles. The van der Waals surface area contributed by atoms with Gasteiger partial charge in [0.15, 0.2) is 0 Å². The van der Waals surface area contributed by atoms with Gasteiger partial charge in [0.05, 0.1) is 12.4 Å². The lowest BCUT2D eigenvalue weighted by Crippen LogP contribution is -2.04. The summed E-state index contributed by atoms with van der Waals surface area (Å²) in [5, 5.41) is 0. The summed E-state index contributed by atoms with van der Waals surface area (Å²) in [6.45, 7) is 2.86. The lowest BCUT2D eigenvalue weighted by Gasteiger charge is -2.15. The van der Waals surface area contributed by atoms with Crippen LogP contribution in [0.1, 0.15) is 31.7 Å². The number of benzene rings is 1. The first-order valence-corrected chi connectivity index (χ1v) is 6.27. The standard InChI is InChI=1S/C15H20O/c1-2-16-15-10-6-9-14(15)12-11-13-7-4-3-5-8-13/h3-5,7-8,10,14H,2,6,9,11-12H2,1H3/t14-/m0/s1. The molecule has 1 aromatic carbocycles. The van der Waals surface area contributed by atoms with Crippen molar-refractivity contribution in [3.63, 3.8) is 0 Å². The van der Waals surface area contributed by atoms with Gasteiger partial charge in [-0.05, 0) is 44.2 Å². The third-order valence-corrected chi connectivity index (χ3v) is 3.20. The summed E-state index contributed by atoms with van der Waals surface area (Å²) < 4.78 is 5.66. The van der Waals surface area contributed by atoms with Crippen molar-refractivity contribution < 1.29 is 4.74 Å². The molecule has 1 aromatic rings. The summed E-state index contributed by atoms with van der Waals surface area (Å²) in [7, 11) is 0. The van der Waals surface area contributed by atoms with Crippen LogP contribution >= 0.6 is 0 Å². The zero-order valence-corrected chi connectivity index (χ0v) is 9.99. The fraction of sp³-hybridized carbons (Fsp3) is 0.467. The number of ether oxygens (including phenoxy) is 1. The topological polar surface area (TPSA) is 9.23 Å². The Balaban J connectivity index is 1.84. The third-order valence-electron chi connectivity index (χ3n) is 3.20. The molecule has 0 spiro atoms. The Bertz CT molecular complexity index is 340. The second-order valence-corrected chi connectivity index (χ2v) is 4.34. The van der Waals surface area contributed by atoms with E-state index < -0.39 is 0 Å². The van der Waals surface area contributed by atoms with Crippen LogP contribution in [0.5, 0.6) is 0 Å². The molecule has 0 amide bonds. The highest BCUT2D eigenvalue weighted by Crippen LogP contribution is 2.30. The lowest BCUT2D eigenvalue weighted by molar-refractivity contribution is 0.192. The minimum atomic E-state index is 0.653. The number of hydrogen-bond donors (Lipinski definition) is 0. The second kappa shape index (κ2) is 5.74. The van der Waals surface area contributed by atoms with E-state index in [1.165, 1.54) is 30.6 Å². The Morgan fingerprint density at radius 3 is 2.81 bits per heavy atom. The molecule has 0 bridgehead atoms. The average molecular weight is 216 g/mol. The van der Waals surface area contributed by atoms with E-state index in [9.17, 15) is 0 Å². The maximum atomic E-state index is 5.66. The van der Waals surface area contributed by atoms with E-state index in [4.69, 9.17) is 4.74 Å². The van der Waals surface area contributed by atoms with Gasteiger partial charge in [-0.2, -0.15) is 0 Å². The van der Waals surface area contributed by atoms with Crippen LogP contribution in [-0.4, -0.2) is 6.61 Å². The SMILES string of the molecule is CCOC1=CCC[C@H]1CCc1ccccc1. The summed E-state index contributed by atoms with van der Waals surface area (Å²) in [6, 6.07) is 10.7. The van der Waals surface area contributed by atoms with Crippen LogP contribution in [0.2, 0.25) is 0 Å². The molecule has 1 heteroatoms. The van der Waals surface area contributed by atoms with Gasteiger partial charge < -0.3 is 4.74 Å². The molecule has 0 heterocycles. The Labute approximate surface area is 98.1 Å². The van der Waals surface area contributed by atoms with E-state index in [1.807, 2.05) is 0 Å². The van der Waals surface area contributed by atoms with Crippen LogP contribution < -0.4 is 0 Å². The molecule has 0 saturated carbocycles. The second-order valence-electron chi connectivity index (χ2n) is 4.34. The number of hydrogen-bond acceptors (Lipinski definition) is 1. The largest absolute Gasteiger partial charge is 0.498 e. The van der Waals surface area contributed by atoms with Crippen molar-refractivity contribution in [3.8, 4) is 0 Å². The maximum Gasteiger partial charge on any atom is 0.0950 e. The van der Waals surface area contributed by atoms with Crippen molar-refractivity contribution in [1.29, 1.82) is 0 Å². The molecule has 86 valence electrons. The molecule has 0 radical (unpaired) electrons. The molecular weight excluding hydrogens is 196 g/mol. The summed E-state index contributed by atoms with van der Waals surface area (Å²) >= 11 is 0. The molecule has 1 aliphatic rings. The molecule has 0 fully saturated rings. The minimum Gasteiger partial charge on any atom is -0.498 e. The Hall–Kier alpha value is -1.24. The first kappa shape index (κ1) is 11.3. The summed E-state index contributed by atoms with van der Waals surface area (Å²) in [6.07, 6.45) is 7.10. The first-order chi connectivity index (χ1) is 7.90. The molecule has 1 aliphatic carbocycles. The van der Waals surface area contributed by atoms with Crippen LogP contribution in [0.3, 0.4) is 0 Å². The Morgan fingerprint density at radius 2 is 2.06 bits per heavy atom. The van der Waals surface area contributed by atoms with Crippen LogP contribution in [-0.2, 0) is 11.2 Å². The first-order valence-electron chi connectivity index (χ1n) is 6.27. The number of rotatable bonds is 5. The highest BCUT2D eigenvalue weighted by Gasteiger charge is 2.19. The van der Waals surface area contributed by atoms with Gasteiger partial charge in [-0.15, -0.1) is 0 Å². The fourth-order valence-electron chi connectivity index (χ4n) is 2.35. The highest BCUT2D eigenvalue weighted by molar-refractivity contribution is 5.15. The molecule has 0 saturated heterocycles. The number of allylic oxidation sites excluding steroid dienone is 2. The van der Waals surface area contributed by atoms with Crippen LogP contribution in [0.15, 0.2) is 42.2 Å². The van der Waals surface area contributed by atoms with Gasteiger partial charge in [-0.25, -0.2) is 0 Å². The molecule has 2 rings (SSSR count). The van der Waals surface area contributed by atoms with Crippen molar-refractivity contribution >= 4 is 0 Å². The van der Waals surface area contributed by atoms with Crippen molar-refractivity contribution in [2.24, 2.45) is 5.92 Å². The normalized spacial score (nSPS) is 19.6. The van der Waals surface area contributed by atoms with Gasteiger partial charge in [-0.3, -0.25) is 0 Å². The maximum absolute atomic E-state index is 5.66. The van der Waals surface area contributed by atoms with E-state index in [2.05, 4.69) is 43.3 Å². The van der Waals surface area contributed by atoms with Crippen molar-refractivity contribution in [3.05, 3.63) is 47.7 Å². The van der Waals surface area contributed by atoms with E-state index in [-0.39, 0.29) is 0 Å². The van der Waals surface area contributed by atoms with E-state index in [0.29, 0.717) is 5.92 Å². The average Bonchev–Trinajstić information content (AvgIpc) is 2.76. The predicted molar refractivity (Wildman–Crippen MR) is 67.2 cm³/mol. The zero-order valence-electron chi connectivity index (χ0n) is 9.99. The smallest absolute Gasteiger partial charge is 0.0950 e. The van der Waals surface area contributed by atoms with Crippen LogP contribution in [0.4, 0.5) is 0 Å². The molecule has 0 unspecified atom stereocenters. The van der Waals surface area contributed by atoms with Gasteiger partial charge in [0.2, 0.25) is 0 Å². The molecule has 16 heavy (non-hydrogen) atoms. The van der Waals surface area contributed by atoms with Gasteiger partial charge in [0.1, 0.15) is 0 Å². The van der Waals surface area contributed by atoms with Gasteiger partial charge in [0.25, 0.3) is 0 Å². The fourth-order valence-corrected chi connectivity index (χ4v) is 2.35. The summed E-state index contributed by atoms with van der Waals surface area (Å²) in [5.74, 6) is 1.89. The van der Waals surface area contributed by atoms with E-state index in [1.54, 1.807) is 0 Å². The van der Waals surface area contributed by atoms with Gasteiger partial charge in [0, 0.05) is 5.92 Å². The van der Waals surface area contributed by atoms with E-state index >= 15 is 0 Å². The quantitative estimate of drug-likeness (QED) is 0.724. The Kier molecular flexibility index (Phi) is 4.03. The molecule has 0 N–H and O–H groups in total.